The van der Waals surface area contributed by atoms with Gasteiger partial charge in [0.25, 0.3) is 5.91 Å². The van der Waals surface area contributed by atoms with Crippen molar-refractivity contribution in [2.75, 3.05) is 12.3 Å². The molecule has 5 nitrogen and oxygen atoms in total. The number of nitrogens with zero attached hydrogens (tertiary/aromatic N) is 1. The SMILES string of the molecule is Nc1ccccc1C(=O)N1CCCC1CC(=O)O. The third-order valence-electron chi connectivity index (χ3n) is 3.24. The Hall–Kier alpha value is -2.04. The van der Waals surface area contributed by atoms with Gasteiger partial charge in [-0.2, -0.15) is 0 Å². The third-order valence-corrected chi connectivity index (χ3v) is 3.24. The van der Waals surface area contributed by atoms with Gasteiger partial charge in [-0.1, -0.05) is 12.1 Å². The number of hydrogen-bond donors (Lipinski definition) is 2. The van der Waals surface area contributed by atoms with Crippen LogP contribution < -0.4 is 5.73 Å². The Morgan fingerprint density at radius 1 is 1.39 bits per heavy atom. The molecule has 2 rings (SSSR count). The van der Waals surface area contributed by atoms with Crippen molar-refractivity contribution in [3.63, 3.8) is 0 Å². The maximum absolute atomic E-state index is 12.3. The van der Waals surface area contributed by atoms with E-state index in [1.165, 1.54) is 0 Å². The van der Waals surface area contributed by atoms with E-state index in [-0.39, 0.29) is 18.4 Å². The summed E-state index contributed by atoms with van der Waals surface area (Å²) in [6.45, 7) is 0.602. The molecule has 0 spiro atoms. The molecule has 1 aliphatic rings. The molecule has 1 heterocycles. The van der Waals surface area contributed by atoms with E-state index >= 15 is 0 Å². The van der Waals surface area contributed by atoms with Crippen LogP contribution in [0.4, 0.5) is 5.69 Å². The molecular weight excluding hydrogens is 232 g/mol. The van der Waals surface area contributed by atoms with Crippen LogP contribution in [0.2, 0.25) is 0 Å². The topological polar surface area (TPSA) is 83.6 Å². The number of rotatable bonds is 3. The number of nitrogen functional groups attached to an aromatic ring is 1. The Kier molecular flexibility index (Phi) is 3.50. The fourth-order valence-electron chi connectivity index (χ4n) is 2.36. The summed E-state index contributed by atoms with van der Waals surface area (Å²) in [4.78, 5) is 24.7. The van der Waals surface area contributed by atoms with E-state index in [0.717, 1.165) is 12.8 Å². The lowest BCUT2D eigenvalue weighted by Gasteiger charge is -2.24. The summed E-state index contributed by atoms with van der Waals surface area (Å²) in [6.07, 6.45) is 1.58. The summed E-state index contributed by atoms with van der Waals surface area (Å²) in [5.74, 6) is -1.04. The molecule has 1 aromatic rings. The monoisotopic (exact) mass is 248 g/mol. The minimum atomic E-state index is -0.874. The number of para-hydroxylation sites is 1. The zero-order valence-corrected chi connectivity index (χ0v) is 10.0. The van der Waals surface area contributed by atoms with Crippen molar-refractivity contribution in [2.45, 2.75) is 25.3 Å². The van der Waals surface area contributed by atoms with Crippen LogP contribution in [-0.2, 0) is 4.79 Å². The molecule has 1 saturated heterocycles. The van der Waals surface area contributed by atoms with Crippen LogP contribution in [0.1, 0.15) is 29.6 Å². The fourth-order valence-corrected chi connectivity index (χ4v) is 2.36. The summed E-state index contributed by atoms with van der Waals surface area (Å²) in [5, 5.41) is 8.84. The van der Waals surface area contributed by atoms with Crippen molar-refractivity contribution in [1.82, 2.24) is 4.90 Å². The van der Waals surface area contributed by atoms with Crippen molar-refractivity contribution in [3.05, 3.63) is 29.8 Å². The predicted molar refractivity (Wildman–Crippen MR) is 67.2 cm³/mol. The number of aliphatic carboxylic acids is 1. The molecule has 0 aromatic heterocycles. The lowest BCUT2D eigenvalue weighted by Crippen LogP contribution is -2.37. The number of nitrogens with two attached hydrogens (primary N) is 1. The van der Waals surface area contributed by atoms with E-state index in [0.29, 0.717) is 17.8 Å². The van der Waals surface area contributed by atoms with Gasteiger partial charge in [-0.05, 0) is 25.0 Å². The van der Waals surface area contributed by atoms with Gasteiger partial charge in [-0.15, -0.1) is 0 Å². The normalized spacial score (nSPS) is 18.9. The number of anilines is 1. The van der Waals surface area contributed by atoms with Crippen LogP contribution in [-0.4, -0.2) is 34.5 Å². The molecule has 96 valence electrons. The Balaban J connectivity index is 2.18. The first-order valence-electron chi connectivity index (χ1n) is 5.97. The van der Waals surface area contributed by atoms with Gasteiger partial charge in [0.1, 0.15) is 0 Å². The van der Waals surface area contributed by atoms with Gasteiger partial charge in [0, 0.05) is 18.3 Å². The van der Waals surface area contributed by atoms with Crippen molar-refractivity contribution < 1.29 is 14.7 Å². The Morgan fingerprint density at radius 3 is 2.78 bits per heavy atom. The zero-order valence-electron chi connectivity index (χ0n) is 10.0. The smallest absolute Gasteiger partial charge is 0.305 e. The average molecular weight is 248 g/mol. The number of benzene rings is 1. The Morgan fingerprint density at radius 2 is 2.11 bits per heavy atom. The molecule has 0 saturated carbocycles. The number of likely N-dealkylation sites (tertiary alicyclic amines) is 1. The molecule has 1 aliphatic heterocycles. The van der Waals surface area contributed by atoms with Crippen molar-refractivity contribution in [2.24, 2.45) is 0 Å². The van der Waals surface area contributed by atoms with Crippen LogP contribution in [0.25, 0.3) is 0 Å². The van der Waals surface area contributed by atoms with E-state index < -0.39 is 5.97 Å². The fraction of sp³-hybridized carbons (Fsp3) is 0.385. The highest BCUT2D eigenvalue weighted by Crippen LogP contribution is 2.24. The van der Waals surface area contributed by atoms with Gasteiger partial charge in [-0.3, -0.25) is 9.59 Å². The van der Waals surface area contributed by atoms with Crippen LogP contribution in [0.5, 0.6) is 0 Å². The molecule has 1 amide bonds. The van der Waals surface area contributed by atoms with Crippen molar-refractivity contribution in [3.8, 4) is 0 Å². The van der Waals surface area contributed by atoms with E-state index in [2.05, 4.69) is 0 Å². The molecule has 1 unspecified atom stereocenters. The lowest BCUT2D eigenvalue weighted by atomic mass is 10.1. The third kappa shape index (κ3) is 2.45. The van der Waals surface area contributed by atoms with E-state index in [1.54, 1.807) is 29.2 Å². The second kappa shape index (κ2) is 5.08. The highest BCUT2D eigenvalue weighted by Gasteiger charge is 2.31. The second-order valence-corrected chi connectivity index (χ2v) is 4.48. The number of carbonyl (C=O) groups excluding carboxylic acids is 1. The van der Waals surface area contributed by atoms with Gasteiger partial charge in [0.15, 0.2) is 0 Å². The minimum Gasteiger partial charge on any atom is -0.481 e. The van der Waals surface area contributed by atoms with Gasteiger partial charge in [-0.25, -0.2) is 0 Å². The molecular formula is C13H16N2O3. The van der Waals surface area contributed by atoms with Crippen molar-refractivity contribution >= 4 is 17.6 Å². The van der Waals surface area contributed by atoms with Crippen LogP contribution in [0.15, 0.2) is 24.3 Å². The summed E-state index contributed by atoms with van der Waals surface area (Å²) in [5.41, 5.74) is 6.66. The van der Waals surface area contributed by atoms with Gasteiger partial charge in [0.05, 0.1) is 12.0 Å². The van der Waals surface area contributed by atoms with Crippen LogP contribution >= 0.6 is 0 Å². The molecule has 0 aliphatic carbocycles. The first-order chi connectivity index (χ1) is 8.59. The highest BCUT2D eigenvalue weighted by molar-refractivity contribution is 5.99. The molecule has 3 N–H and O–H groups in total. The Bertz CT molecular complexity index is 473. The number of amides is 1. The first kappa shape index (κ1) is 12.4. The van der Waals surface area contributed by atoms with Gasteiger partial charge >= 0.3 is 5.97 Å². The molecule has 0 bridgehead atoms. The van der Waals surface area contributed by atoms with Gasteiger partial charge in [0.2, 0.25) is 0 Å². The number of hydrogen-bond acceptors (Lipinski definition) is 3. The number of carboxylic acid groups (broad SMARTS) is 1. The van der Waals surface area contributed by atoms with E-state index in [9.17, 15) is 9.59 Å². The summed E-state index contributed by atoms with van der Waals surface area (Å²) >= 11 is 0. The quantitative estimate of drug-likeness (QED) is 0.791. The highest BCUT2D eigenvalue weighted by atomic mass is 16.4. The number of carboxylic acids is 1. The second-order valence-electron chi connectivity index (χ2n) is 4.48. The predicted octanol–water partition coefficient (Wildman–Crippen LogP) is 1.35. The molecule has 1 atom stereocenters. The molecule has 1 aromatic carbocycles. The standard InChI is InChI=1S/C13H16N2O3/c14-11-6-2-1-5-10(11)13(18)15-7-3-4-9(15)8-12(16)17/h1-2,5-6,9H,3-4,7-8,14H2,(H,16,17). The molecule has 18 heavy (non-hydrogen) atoms. The summed E-state index contributed by atoms with van der Waals surface area (Å²) < 4.78 is 0. The van der Waals surface area contributed by atoms with E-state index in [4.69, 9.17) is 10.8 Å². The minimum absolute atomic E-state index is 0.00151. The zero-order chi connectivity index (χ0) is 13.1. The lowest BCUT2D eigenvalue weighted by molar-refractivity contribution is -0.137. The molecule has 0 radical (unpaired) electrons. The van der Waals surface area contributed by atoms with Crippen LogP contribution in [0, 0.1) is 0 Å². The summed E-state index contributed by atoms with van der Waals surface area (Å²) in [6, 6.07) is 6.66. The average Bonchev–Trinajstić information content (AvgIpc) is 2.76. The van der Waals surface area contributed by atoms with Gasteiger partial charge < -0.3 is 15.7 Å². The first-order valence-corrected chi connectivity index (χ1v) is 5.97. The van der Waals surface area contributed by atoms with E-state index in [1.807, 2.05) is 0 Å². The number of carbonyl (C=O) groups is 2. The Labute approximate surface area is 105 Å². The maximum atomic E-state index is 12.3. The maximum Gasteiger partial charge on any atom is 0.305 e. The van der Waals surface area contributed by atoms with Crippen LogP contribution in [0.3, 0.4) is 0 Å². The largest absolute Gasteiger partial charge is 0.481 e. The molecule has 1 fully saturated rings. The van der Waals surface area contributed by atoms with Crippen molar-refractivity contribution in [1.29, 1.82) is 0 Å². The molecule has 5 heteroatoms. The summed E-state index contributed by atoms with van der Waals surface area (Å²) in [7, 11) is 0.